The lowest BCUT2D eigenvalue weighted by molar-refractivity contribution is -0.143. The van der Waals surface area contributed by atoms with Gasteiger partial charge >= 0.3 is 5.97 Å². The number of carboxylic acid groups (broad SMARTS) is 1. The smallest absolute Gasteiger partial charge is 0.326 e. The average molecular weight is 309 g/mol. The summed E-state index contributed by atoms with van der Waals surface area (Å²) >= 11 is 0. The molecule has 124 valence electrons. The summed E-state index contributed by atoms with van der Waals surface area (Å²) < 4.78 is 0. The topological polar surface area (TPSA) is 83.5 Å². The molecule has 0 aliphatic heterocycles. The summed E-state index contributed by atoms with van der Waals surface area (Å²) in [6, 6.07) is -0.872. The van der Waals surface area contributed by atoms with Gasteiger partial charge in [-0.1, -0.05) is 32.9 Å². The van der Waals surface area contributed by atoms with Crippen molar-refractivity contribution in [2.75, 3.05) is 0 Å². The van der Waals surface area contributed by atoms with Gasteiger partial charge in [-0.3, -0.25) is 9.59 Å². The van der Waals surface area contributed by atoms with E-state index in [2.05, 4.69) is 5.32 Å². The molecule has 0 saturated heterocycles. The number of carbonyl (C=O) groups is 3. The van der Waals surface area contributed by atoms with Gasteiger partial charge in [0.15, 0.2) is 0 Å². The quantitative estimate of drug-likeness (QED) is 0.675. The molecule has 0 aromatic carbocycles. The van der Waals surface area contributed by atoms with E-state index in [1.807, 2.05) is 19.1 Å². The van der Waals surface area contributed by atoms with Gasteiger partial charge < -0.3 is 10.4 Å². The van der Waals surface area contributed by atoms with Gasteiger partial charge in [0.25, 0.3) is 0 Å². The molecule has 0 aromatic heterocycles. The number of allylic oxidation sites excluding steroid dienone is 2. The van der Waals surface area contributed by atoms with Crippen LogP contribution in [0.4, 0.5) is 0 Å². The Balaban J connectivity index is 2.60. The van der Waals surface area contributed by atoms with Gasteiger partial charge in [0.1, 0.15) is 11.8 Å². The number of aliphatic carboxylic acids is 1. The van der Waals surface area contributed by atoms with Crippen LogP contribution in [0.25, 0.3) is 0 Å². The molecule has 5 heteroatoms. The molecule has 0 aromatic rings. The van der Waals surface area contributed by atoms with Crippen molar-refractivity contribution in [1.82, 2.24) is 5.32 Å². The number of hydrogen-bond acceptors (Lipinski definition) is 3. The predicted molar refractivity (Wildman–Crippen MR) is 84.3 cm³/mol. The molecule has 2 unspecified atom stereocenters. The molecule has 3 atom stereocenters. The predicted octanol–water partition coefficient (Wildman–Crippen LogP) is 2.55. The van der Waals surface area contributed by atoms with Crippen LogP contribution in [0, 0.1) is 17.8 Å². The molecule has 0 radical (unpaired) electrons. The molecule has 22 heavy (non-hydrogen) atoms. The highest BCUT2D eigenvalue weighted by Crippen LogP contribution is 2.34. The van der Waals surface area contributed by atoms with E-state index in [1.165, 1.54) is 0 Å². The average Bonchev–Trinajstić information content (AvgIpc) is 2.77. The standard InChI is InChI=1S/C17H27NO4/c1-4-5-6-7-13-12(8-9-14(13)19)10-15(20)18-16(11(2)3)17(21)22/h5-6,11-13,16H,4,7-10H2,1-3H3,(H,18,20)(H,21,22)/b6-5+/t12?,13?,16-/m0/s1. The maximum Gasteiger partial charge on any atom is 0.326 e. The number of carboxylic acids is 1. The fraction of sp³-hybridized carbons (Fsp3) is 0.706. The summed E-state index contributed by atoms with van der Waals surface area (Å²) in [6.07, 6.45) is 7.12. The molecule has 0 spiro atoms. The van der Waals surface area contributed by atoms with E-state index in [4.69, 9.17) is 5.11 Å². The second-order valence-corrected chi connectivity index (χ2v) is 6.32. The van der Waals surface area contributed by atoms with Crippen LogP contribution in [-0.4, -0.2) is 28.8 Å². The largest absolute Gasteiger partial charge is 0.480 e. The number of carbonyl (C=O) groups excluding carboxylic acids is 2. The lowest BCUT2D eigenvalue weighted by Crippen LogP contribution is -2.45. The molecule has 0 heterocycles. The van der Waals surface area contributed by atoms with Gasteiger partial charge in [-0.05, 0) is 31.1 Å². The molecule has 1 aliphatic carbocycles. The van der Waals surface area contributed by atoms with Gasteiger partial charge in [-0.15, -0.1) is 0 Å². The summed E-state index contributed by atoms with van der Waals surface area (Å²) in [7, 11) is 0. The maximum atomic E-state index is 12.1. The zero-order chi connectivity index (χ0) is 16.7. The van der Waals surface area contributed by atoms with Crippen molar-refractivity contribution in [3.63, 3.8) is 0 Å². The van der Waals surface area contributed by atoms with Crippen LogP contribution in [0.3, 0.4) is 0 Å². The number of rotatable bonds is 8. The maximum absolute atomic E-state index is 12.1. The van der Waals surface area contributed by atoms with Gasteiger partial charge in [-0.25, -0.2) is 4.79 Å². The zero-order valence-electron chi connectivity index (χ0n) is 13.7. The number of ketones is 1. The van der Waals surface area contributed by atoms with Crippen molar-refractivity contribution < 1.29 is 19.5 Å². The third kappa shape index (κ3) is 5.28. The van der Waals surface area contributed by atoms with Crippen LogP contribution >= 0.6 is 0 Å². The Kier molecular flexibility index (Phi) is 7.28. The van der Waals surface area contributed by atoms with Crippen molar-refractivity contribution in [1.29, 1.82) is 0 Å². The minimum Gasteiger partial charge on any atom is -0.480 e. The third-order valence-corrected chi connectivity index (χ3v) is 4.23. The van der Waals surface area contributed by atoms with E-state index >= 15 is 0 Å². The SMILES string of the molecule is CC/C=C/CC1C(=O)CCC1CC(=O)N[C@H](C(=O)O)C(C)C. The first-order chi connectivity index (χ1) is 10.4. The van der Waals surface area contributed by atoms with E-state index in [0.29, 0.717) is 12.8 Å². The van der Waals surface area contributed by atoms with E-state index in [9.17, 15) is 14.4 Å². The van der Waals surface area contributed by atoms with Crippen LogP contribution in [0.15, 0.2) is 12.2 Å². The number of nitrogens with one attached hydrogen (secondary N) is 1. The monoisotopic (exact) mass is 309 g/mol. The zero-order valence-corrected chi connectivity index (χ0v) is 13.7. The Morgan fingerprint density at radius 1 is 1.36 bits per heavy atom. The Labute approximate surface area is 132 Å². The summed E-state index contributed by atoms with van der Waals surface area (Å²) in [6.45, 7) is 5.56. The highest BCUT2D eigenvalue weighted by molar-refractivity contribution is 5.87. The van der Waals surface area contributed by atoms with Crippen molar-refractivity contribution in [2.45, 2.75) is 58.9 Å². The summed E-state index contributed by atoms with van der Waals surface area (Å²) in [5.74, 6) is -1.32. The molecule has 1 rings (SSSR count). The third-order valence-electron chi connectivity index (χ3n) is 4.23. The molecular weight excluding hydrogens is 282 g/mol. The lowest BCUT2D eigenvalue weighted by atomic mass is 9.89. The fourth-order valence-electron chi connectivity index (χ4n) is 2.94. The first kappa shape index (κ1) is 18.4. The Morgan fingerprint density at radius 2 is 2.05 bits per heavy atom. The minimum atomic E-state index is -1.02. The molecule has 1 amide bonds. The second-order valence-electron chi connectivity index (χ2n) is 6.32. The summed E-state index contributed by atoms with van der Waals surface area (Å²) in [4.78, 5) is 35.2. The number of Topliss-reactive ketones (excluding diaryl/α,β-unsaturated/α-hetero) is 1. The van der Waals surface area contributed by atoms with Gasteiger partial charge in [0.05, 0.1) is 0 Å². The Bertz CT molecular complexity index is 442. The summed E-state index contributed by atoms with van der Waals surface area (Å²) in [5.41, 5.74) is 0. The molecule has 5 nitrogen and oxygen atoms in total. The summed E-state index contributed by atoms with van der Waals surface area (Å²) in [5, 5.41) is 11.7. The van der Waals surface area contributed by atoms with Crippen LogP contribution in [0.5, 0.6) is 0 Å². The van der Waals surface area contributed by atoms with Crippen LogP contribution in [0.1, 0.15) is 52.9 Å². The van der Waals surface area contributed by atoms with Crippen LogP contribution < -0.4 is 5.32 Å². The van der Waals surface area contributed by atoms with Crippen molar-refractivity contribution >= 4 is 17.7 Å². The van der Waals surface area contributed by atoms with Gasteiger partial charge in [0, 0.05) is 18.8 Å². The van der Waals surface area contributed by atoms with Crippen LogP contribution in [-0.2, 0) is 14.4 Å². The van der Waals surface area contributed by atoms with Crippen LogP contribution in [0.2, 0.25) is 0 Å². The molecule has 1 aliphatic rings. The minimum absolute atomic E-state index is 0.0237. The number of hydrogen-bond donors (Lipinski definition) is 2. The highest BCUT2D eigenvalue weighted by atomic mass is 16.4. The van der Waals surface area contributed by atoms with E-state index in [-0.39, 0.29) is 35.9 Å². The van der Waals surface area contributed by atoms with E-state index in [1.54, 1.807) is 13.8 Å². The van der Waals surface area contributed by atoms with Crippen molar-refractivity contribution in [2.24, 2.45) is 17.8 Å². The first-order valence-electron chi connectivity index (χ1n) is 8.06. The fourth-order valence-corrected chi connectivity index (χ4v) is 2.94. The second kappa shape index (κ2) is 8.71. The van der Waals surface area contributed by atoms with E-state index < -0.39 is 12.0 Å². The molecule has 0 bridgehead atoms. The molecule has 1 saturated carbocycles. The van der Waals surface area contributed by atoms with Crippen molar-refractivity contribution in [3.8, 4) is 0 Å². The molecular formula is C17H27NO4. The highest BCUT2D eigenvalue weighted by Gasteiger charge is 2.35. The Hall–Kier alpha value is -1.65. The number of amides is 1. The van der Waals surface area contributed by atoms with Crippen molar-refractivity contribution in [3.05, 3.63) is 12.2 Å². The lowest BCUT2D eigenvalue weighted by Gasteiger charge is -2.21. The van der Waals surface area contributed by atoms with Gasteiger partial charge in [0.2, 0.25) is 5.91 Å². The van der Waals surface area contributed by atoms with Gasteiger partial charge in [-0.2, -0.15) is 0 Å². The normalized spacial score (nSPS) is 23.2. The Morgan fingerprint density at radius 3 is 2.59 bits per heavy atom. The van der Waals surface area contributed by atoms with E-state index in [0.717, 1.165) is 12.8 Å². The molecule has 1 fully saturated rings. The molecule has 2 N–H and O–H groups in total. The first-order valence-corrected chi connectivity index (χ1v) is 8.06.